The molecular formula is C15H26N2O3S. The van der Waals surface area contributed by atoms with E-state index >= 15 is 0 Å². The van der Waals surface area contributed by atoms with Crippen molar-refractivity contribution in [3.05, 3.63) is 0 Å². The summed E-state index contributed by atoms with van der Waals surface area (Å²) in [7, 11) is 0. The smallest absolute Gasteiger partial charge is 0.320 e. The number of nitrogens with zero attached hydrogens (tertiary/aromatic N) is 2. The fraction of sp³-hybridized carbons (Fsp3) is 0.867. The van der Waals surface area contributed by atoms with Gasteiger partial charge in [0.25, 0.3) is 0 Å². The van der Waals surface area contributed by atoms with E-state index in [0.29, 0.717) is 19.5 Å². The van der Waals surface area contributed by atoms with Crippen LogP contribution in [0.1, 0.15) is 34.1 Å². The van der Waals surface area contributed by atoms with Crippen LogP contribution in [-0.4, -0.2) is 63.6 Å². The molecule has 2 heterocycles. The Balaban J connectivity index is 2.07. The van der Waals surface area contributed by atoms with E-state index in [1.54, 1.807) is 4.90 Å². The molecule has 0 saturated carbocycles. The third kappa shape index (κ3) is 3.15. The molecule has 21 heavy (non-hydrogen) atoms. The first-order valence-corrected chi connectivity index (χ1v) is 8.58. The Morgan fingerprint density at radius 3 is 2.24 bits per heavy atom. The van der Waals surface area contributed by atoms with Gasteiger partial charge in [-0.2, -0.15) is 11.8 Å². The van der Waals surface area contributed by atoms with Crippen LogP contribution in [0.5, 0.6) is 0 Å². The van der Waals surface area contributed by atoms with Gasteiger partial charge in [-0.3, -0.25) is 4.79 Å². The fourth-order valence-electron chi connectivity index (χ4n) is 3.27. The molecule has 1 atom stereocenters. The van der Waals surface area contributed by atoms with Crippen LogP contribution in [0.4, 0.5) is 4.79 Å². The molecule has 2 saturated heterocycles. The van der Waals surface area contributed by atoms with E-state index < -0.39 is 11.4 Å². The third-order valence-corrected chi connectivity index (χ3v) is 6.10. The fourth-order valence-corrected chi connectivity index (χ4v) is 4.38. The van der Waals surface area contributed by atoms with Crippen molar-refractivity contribution < 1.29 is 14.7 Å². The van der Waals surface area contributed by atoms with E-state index in [-0.39, 0.29) is 16.7 Å². The molecule has 1 unspecified atom stereocenters. The second-order valence-electron chi connectivity index (χ2n) is 7.10. The van der Waals surface area contributed by atoms with Crippen LogP contribution in [0.25, 0.3) is 0 Å². The van der Waals surface area contributed by atoms with Gasteiger partial charge >= 0.3 is 12.0 Å². The lowest BCUT2D eigenvalue weighted by Gasteiger charge is -2.39. The second kappa shape index (κ2) is 5.71. The summed E-state index contributed by atoms with van der Waals surface area (Å²) in [6.45, 7) is 10.5. The van der Waals surface area contributed by atoms with Gasteiger partial charge in [0, 0.05) is 36.7 Å². The Bertz CT molecular complexity index is 439. The zero-order valence-electron chi connectivity index (χ0n) is 13.4. The normalized spacial score (nSPS) is 29.0. The zero-order valence-corrected chi connectivity index (χ0v) is 14.2. The van der Waals surface area contributed by atoms with Gasteiger partial charge in [0.2, 0.25) is 0 Å². The van der Waals surface area contributed by atoms with Gasteiger partial charge in [-0.15, -0.1) is 0 Å². The number of likely N-dealkylation sites (tertiary alicyclic amines) is 1. The first kappa shape index (κ1) is 16.5. The number of carbonyl (C=O) groups is 2. The summed E-state index contributed by atoms with van der Waals surface area (Å²) >= 11 is 1.89. The molecular weight excluding hydrogens is 288 g/mol. The first-order valence-electron chi connectivity index (χ1n) is 7.59. The van der Waals surface area contributed by atoms with Crippen LogP contribution in [0.15, 0.2) is 0 Å². The molecule has 0 aromatic rings. The molecule has 2 aliphatic rings. The number of rotatable bonds is 2. The molecule has 0 radical (unpaired) electrons. The van der Waals surface area contributed by atoms with Gasteiger partial charge in [0.05, 0.1) is 5.41 Å². The highest BCUT2D eigenvalue weighted by Gasteiger charge is 2.49. The van der Waals surface area contributed by atoms with Crippen LogP contribution < -0.4 is 0 Å². The molecule has 5 nitrogen and oxygen atoms in total. The molecule has 2 fully saturated rings. The quantitative estimate of drug-likeness (QED) is 0.850. The minimum absolute atomic E-state index is 0.00662. The van der Waals surface area contributed by atoms with Crippen molar-refractivity contribution in [2.45, 2.75) is 38.9 Å². The maximum absolute atomic E-state index is 12.7. The van der Waals surface area contributed by atoms with Crippen molar-refractivity contribution in [2.75, 3.05) is 31.9 Å². The van der Waals surface area contributed by atoms with Crippen LogP contribution in [0.3, 0.4) is 0 Å². The number of carbonyl (C=O) groups excluding carboxylic acids is 1. The summed E-state index contributed by atoms with van der Waals surface area (Å²) in [5.41, 5.74) is -0.782. The van der Waals surface area contributed by atoms with E-state index in [1.165, 1.54) is 0 Å². The van der Waals surface area contributed by atoms with E-state index in [9.17, 15) is 14.7 Å². The largest absolute Gasteiger partial charge is 0.481 e. The Morgan fingerprint density at radius 2 is 1.76 bits per heavy atom. The first-order chi connectivity index (χ1) is 9.68. The highest BCUT2D eigenvalue weighted by Crippen LogP contribution is 2.39. The van der Waals surface area contributed by atoms with Crippen molar-refractivity contribution in [1.29, 1.82) is 0 Å². The number of carboxylic acid groups (broad SMARTS) is 1. The van der Waals surface area contributed by atoms with Gasteiger partial charge in [-0.05, 0) is 26.2 Å². The number of carboxylic acids is 1. The number of thioether (sulfide) groups is 1. The van der Waals surface area contributed by atoms with Crippen molar-refractivity contribution >= 4 is 23.8 Å². The summed E-state index contributed by atoms with van der Waals surface area (Å²) in [5, 5.41) is 9.57. The van der Waals surface area contributed by atoms with Crippen molar-refractivity contribution in [3.8, 4) is 0 Å². The summed E-state index contributed by atoms with van der Waals surface area (Å²) in [5.74, 6) is 0.198. The molecule has 6 heteroatoms. The Kier molecular flexibility index (Phi) is 4.47. The van der Waals surface area contributed by atoms with Gasteiger partial charge in [-0.1, -0.05) is 13.8 Å². The molecule has 0 aromatic heterocycles. The maximum atomic E-state index is 12.7. The number of amides is 2. The standard InChI is InChI=1S/C15H26N2O3S/c1-11(2)15(12(18)19)5-6-16(10-15)13(20)17-7-8-21-14(3,4)9-17/h11H,5-10H2,1-4H3,(H,18,19). The van der Waals surface area contributed by atoms with E-state index in [0.717, 1.165) is 18.8 Å². The predicted octanol–water partition coefficient (Wildman–Crippen LogP) is 2.37. The van der Waals surface area contributed by atoms with Gasteiger partial charge in [-0.25, -0.2) is 4.79 Å². The number of hydrogen-bond donors (Lipinski definition) is 1. The molecule has 0 aromatic carbocycles. The summed E-state index contributed by atoms with van der Waals surface area (Å²) in [4.78, 5) is 27.9. The highest BCUT2D eigenvalue weighted by molar-refractivity contribution is 8.00. The molecule has 2 amide bonds. The summed E-state index contributed by atoms with van der Waals surface area (Å²) in [6.07, 6.45) is 0.553. The topological polar surface area (TPSA) is 60.9 Å². The van der Waals surface area contributed by atoms with E-state index in [1.807, 2.05) is 30.5 Å². The predicted molar refractivity (Wildman–Crippen MR) is 84.6 cm³/mol. The van der Waals surface area contributed by atoms with Crippen LogP contribution in [-0.2, 0) is 4.79 Å². The minimum atomic E-state index is -0.782. The summed E-state index contributed by atoms with van der Waals surface area (Å²) < 4.78 is 0.0789. The average Bonchev–Trinajstić information content (AvgIpc) is 2.83. The number of aliphatic carboxylic acids is 1. The Hall–Kier alpha value is -0.910. The van der Waals surface area contributed by atoms with Crippen molar-refractivity contribution in [2.24, 2.45) is 11.3 Å². The van der Waals surface area contributed by atoms with Crippen molar-refractivity contribution in [1.82, 2.24) is 9.80 Å². The van der Waals surface area contributed by atoms with Gasteiger partial charge in [0.15, 0.2) is 0 Å². The third-order valence-electron chi connectivity index (χ3n) is 4.80. The zero-order chi connectivity index (χ0) is 15.8. The SMILES string of the molecule is CC(C)C1(C(=O)O)CCN(C(=O)N2CCSC(C)(C)C2)C1. The maximum Gasteiger partial charge on any atom is 0.320 e. The van der Waals surface area contributed by atoms with Crippen LogP contribution in [0, 0.1) is 11.3 Å². The minimum Gasteiger partial charge on any atom is -0.481 e. The van der Waals surface area contributed by atoms with Crippen LogP contribution >= 0.6 is 11.8 Å². The number of hydrogen-bond acceptors (Lipinski definition) is 3. The van der Waals surface area contributed by atoms with E-state index in [4.69, 9.17) is 0 Å². The number of urea groups is 1. The second-order valence-corrected chi connectivity index (χ2v) is 8.90. The molecule has 2 rings (SSSR count). The molecule has 120 valence electrons. The van der Waals surface area contributed by atoms with Crippen molar-refractivity contribution in [3.63, 3.8) is 0 Å². The summed E-state index contributed by atoms with van der Waals surface area (Å²) in [6, 6.07) is 0.00662. The average molecular weight is 314 g/mol. The molecule has 0 bridgehead atoms. The lowest BCUT2D eigenvalue weighted by atomic mass is 9.76. The van der Waals surface area contributed by atoms with Crippen LogP contribution in [0.2, 0.25) is 0 Å². The lowest BCUT2D eigenvalue weighted by molar-refractivity contribution is -0.150. The molecule has 1 N–H and O–H groups in total. The molecule has 0 spiro atoms. The van der Waals surface area contributed by atoms with Gasteiger partial charge in [0.1, 0.15) is 0 Å². The van der Waals surface area contributed by atoms with E-state index in [2.05, 4.69) is 13.8 Å². The Labute approximate surface area is 131 Å². The molecule has 2 aliphatic heterocycles. The molecule has 0 aliphatic carbocycles. The lowest BCUT2D eigenvalue weighted by Crippen LogP contribution is -2.51. The Morgan fingerprint density at radius 1 is 1.14 bits per heavy atom. The monoisotopic (exact) mass is 314 g/mol. The van der Waals surface area contributed by atoms with Gasteiger partial charge < -0.3 is 14.9 Å². The highest BCUT2D eigenvalue weighted by atomic mass is 32.2.